The van der Waals surface area contributed by atoms with Gasteiger partial charge < -0.3 is 16.2 Å². The van der Waals surface area contributed by atoms with Gasteiger partial charge in [0.25, 0.3) is 0 Å². The molecule has 2 atom stereocenters. The van der Waals surface area contributed by atoms with Crippen LogP contribution in [-0.4, -0.2) is 53.3 Å². The summed E-state index contributed by atoms with van der Waals surface area (Å²) in [6, 6.07) is 12.9. The first-order chi connectivity index (χ1) is 21.7. The lowest BCUT2D eigenvalue weighted by Gasteiger charge is -2.25. The number of carboxylic acids is 1. The quantitative estimate of drug-likeness (QED) is 0.214. The van der Waals surface area contributed by atoms with E-state index in [0.717, 1.165) is 53.6 Å². The molecule has 1 heterocycles. The predicted molar refractivity (Wildman–Crippen MR) is 167 cm³/mol. The van der Waals surface area contributed by atoms with Crippen LogP contribution in [0.5, 0.6) is 0 Å². The van der Waals surface area contributed by atoms with Crippen LogP contribution < -0.4 is 16.4 Å². The van der Waals surface area contributed by atoms with Crippen LogP contribution in [0.15, 0.2) is 62.9 Å². The van der Waals surface area contributed by atoms with E-state index in [1.54, 1.807) is 0 Å². The molecule has 2 aromatic rings. The summed E-state index contributed by atoms with van der Waals surface area (Å²) in [4.78, 5) is 39.6. The molecule has 0 saturated heterocycles. The van der Waals surface area contributed by atoms with E-state index in [1.807, 2.05) is 63.2 Å². The second-order valence-electron chi connectivity index (χ2n) is 11.5. The van der Waals surface area contributed by atoms with Gasteiger partial charge >= 0.3 is 12.1 Å². The van der Waals surface area contributed by atoms with Gasteiger partial charge in [0.1, 0.15) is 12.6 Å². The van der Waals surface area contributed by atoms with E-state index in [-0.39, 0.29) is 30.2 Å². The zero-order valence-electron chi connectivity index (χ0n) is 26.1. The van der Waals surface area contributed by atoms with Crippen molar-refractivity contribution in [1.82, 2.24) is 10.6 Å². The molecule has 2 amide bonds. The van der Waals surface area contributed by atoms with E-state index >= 15 is 0 Å². The summed E-state index contributed by atoms with van der Waals surface area (Å²) < 4.78 is 31.7. The fourth-order valence-corrected chi connectivity index (χ4v) is 5.19. The van der Waals surface area contributed by atoms with Crippen molar-refractivity contribution in [1.29, 1.82) is 0 Å². The first kappa shape index (κ1) is 35.9. The number of halogens is 3. The lowest BCUT2D eigenvalue weighted by atomic mass is 9.84. The monoisotopic (exact) mass is 643 g/mol. The number of aryl methyl sites for hydroxylation is 2. The van der Waals surface area contributed by atoms with Gasteiger partial charge in [0.15, 0.2) is 5.96 Å². The third-order valence-electron chi connectivity index (χ3n) is 7.85. The maximum Gasteiger partial charge on any atom is 0.490 e. The molecule has 1 saturated carbocycles. The van der Waals surface area contributed by atoms with E-state index in [2.05, 4.69) is 31.1 Å². The van der Waals surface area contributed by atoms with Crippen molar-refractivity contribution in [2.24, 2.45) is 32.1 Å². The molecule has 11 nitrogen and oxygen atoms in total. The normalized spacial score (nSPS) is 16.5. The number of nitrogens with zero attached hydrogens (tertiary/aromatic N) is 4. The number of carboxylic acid groups (broad SMARTS) is 1. The highest BCUT2D eigenvalue weighted by atomic mass is 19.4. The molecular weight excluding hydrogens is 603 g/mol. The van der Waals surface area contributed by atoms with Gasteiger partial charge in [0.05, 0.1) is 18.2 Å². The molecule has 0 radical (unpaired) electrons. The fourth-order valence-electron chi connectivity index (χ4n) is 5.19. The third kappa shape index (κ3) is 11.4. The van der Waals surface area contributed by atoms with Crippen molar-refractivity contribution in [3.05, 3.63) is 70.3 Å². The van der Waals surface area contributed by atoms with Gasteiger partial charge in [0.2, 0.25) is 11.8 Å². The van der Waals surface area contributed by atoms with Crippen molar-refractivity contribution in [2.45, 2.75) is 84.0 Å². The van der Waals surface area contributed by atoms with Crippen molar-refractivity contribution >= 4 is 29.5 Å². The summed E-state index contributed by atoms with van der Waals surface area (Å²) in [6.45, 7) is 6.46. The zero-order valence-corrected chi connectivity index (χ0v) is 26.1. The van der Waals surface area contributed by atoms with Crippen molar-refractivity contribution in [3.63, 3.8) is 0 Å². The molecule has 0 unspecified atom stereocenters. The number of aliphatic imine (C=N–C) groups is 1. The molecule has 0 aromatic heterocycles. The Labute approximate surface area is 265 Å². The van der Waals surface area contributed by atoms with Gasteiger partial charge in [-0.15, -0.1) is 5.10 Å². The maximum atomic E-state index is 13.5. The number of nitrogens with one attached hydrogen (secondary N) is 2. The Hall–Kier alpha value is -4.62. The van der Waals surface area contributed by atoms with E-state index < -0.39 is 18.2 Å². The Balaban J connectivity index is 0.000000738. The zero-order chi connectivity index (χ0) is 33.9. The van der Waals surface area contributed by atoms with Gasteiger partial charge in [-0.25, -0.2) is 9.79 Å². The van der Waals surface area contributed by atoms with E-state index in [9.17, 15) is 22.8 Å². The molecule has 4 rings (SSSR count). The number of alkyl halides is 3. The largest absolute Gasteiger partial charge is 0.490 e. The van der Waals surface area contributed by atoms with Crippen LogP contribution in [0.2, 0.25) is 0 Å². The lowest BCUT2D eigenvalue weighted by Crippen LogP contribution is -2.42. The Morgan fingerprint density at radius 1 is 1.07 bits per heavy atom. The minimum Gasteiger partial charge on any atom is -0.475 e. The second kappa shape index (κ2) is 16.6. The molecule has 0 spiro atoms. The van der Waals surface area contributed by atoms with E-state index in [1.165, 1.54) is 12.0 Å². The minimum atomic E-state index is -5.08. The van der Waals surface area contributed by atoms with Gasteiger partial charge in [-0.05, 0) is 66.7 Å². The average molecular weight is 644 g/mol. The summed E-state index contributed by atoms with van der Waals surface area (Å²) in [6.07, 6.45) is 1.42. The van der Waals surface area contributed by atoms with Crippen LogP contribution in [0.4, 0.5) is 13.2 Å². The number of hydrogen-bond donors (Lipinski definition) is 4. The van der Waals surface area contributed by atoms with Crippen molar-refractivity contribution in [3.8, 4) is 0 Å². The highest BCUT2D eigenvalue weighted by Gasteiger charge is 2.38. The van der Waals surface area contributed by atoms with Crippen LogP contribution in [0.3, 0.4) is 0 Å². The Morgan fingerprint density at radius 3 is 2.37 bits per heavy atom. The first-order valence-electron chi connectivity index (χ1n) is 15.1. The highest BCUT2D eigenvalue weighted by molar-refractivity contribution is 6.02. The Morgan fingerprint density at radius 2 is 1.76 bits per heavy atom. The summed E-state index contributed by atoms with van der Waals surface area (Å²) in [5.41, 5.74) is 12.1. The number of carbonyl (C=O) groups excluding carboxylic acids is 2. The Bertz CT molecular complexity index is 1480. The average Bonchev–Trinajstić information content (AvgIpc) is 3.54. The summed E-state index contributed by atoms with van der Waals surface area (Å²) in [7, 11) is 0. The standard InChI is InChI=1S/C30H39N7O2.C2HF3O2/c1-19-12-13-23(14-20(19)2)16-28(38)35-30(31)34-26(15-22-8-5-4-6-9-22)29(39)33-21(3)24-10-7-11-25(17-24)27-18-32-37-36-27;3-2(4,5)1(6)7/h7,10-14,17,21-22,26H,4-6,8-9,15-16,18H2,1-3H3,(H,33,39)(H3,31,34,35,38);(H,6,7)/t21-,26+;/m0./s1. The van der Waals surface area contributed by atoms with Crippen LogP contribution >= 0.6 is 0 Å². The van der Waals surface area contributed by atoms with Gasteiger partial charge in [0, 0.05) is 5.56 Å². The number of nitrogens with two attached hydrogens (primary N) is 1. The number of carbonyl (C=O) groups is 3. The topological polar surface area (TPSA) is 171 Å². The summed E-state index contributed by atoms with van der Waals surface area (Å²) >= 11 is 0. The number of aliphatic carboxylic acids is 1. The number of rotatable bonds is 9. The lowest BCUT2D eigenvalue weighted by molar-refractivity contribution is -0.192. The van der Waals surface area contributed by atoms with Gasteiger partial charge in [-0.1, -0.05) is 68.5 Å². The molecule has 5 N–H and O–H groups in total. The number of amides is 2. The molecule has 1 aliphatic carbocycles. The SMILES string of the molecule is Cc1ccc(CC(=O)NC(N)=N[C@H](CC2CCCCC2)C(=O)N[C@@H](C)c2cccc(C3=NN=NC3)c2)cc1C.O=C(O)C(F)(F)F. The van der Waals surface area contributed by atoms with Crippen LogP contribution in [0.25, 0.3) is 0 Å². The molecule has 1 fully saturated rings. The molecular formula is C32H40F3N7O4. The van der Waals surface area contributed by atoms with Crippen LogP contribution in [-0.2, 0) is 20.8 Å². The number of benzene rings is 2. The second-order valence-corrected chi connectivity index (χ2v) is 11.5. The van der Waals surface area contributed by atoms with Crippen LogP contribution in [0, 0.1) is 19.8 Å². The fraction of sp³-hybridized carbons (Fsp3) is 0.469. The van der Waals surface area contributed by atoms with E-state index in [4.69, 9.17) is 15.6 Å². The molecule has 248 valence electrons. The number of guanidine groups is 1. The van der Waals surface area contributed by atoms with Crippen molar-refractivity contribution in [2.75, 3.05) is 6.54 Å². The first-order valence-corrected chi connectivity index (χ1v) is 15.1. The summed E-state index contributed by atoms with van der Waals surface area (Å²) in [5.74, 6) is -2.83. The molecule has 2 aliphatic rings. The third-order valence-corrected chi connectivity index (χ3v) is 7.85. The van der Waals surface area contributed by atoms with Crippen molar-refractivity contribution < 1.29 is 32.7 Å². The smallest absolute Gasteiger partial charge is 0.475 e. The number of hydrogen-bond acceptors (Lipinski definition) is 7. The molecule has 0 bridgehead atoms. The molecule has 2 aromatic carbocycles. The predicted octanol–water partition coefficient (Wildman–Crippen LogP) is 5.30. The minimum absolute atomic E-state index is 0.0267. The summed E-state index contributed by atoms with van der Waals surface area (Å²) in [5, 5.41) is 24.6. The van der Waals surface area contributed by atoms with Gasteiger partial charge in [-0.3, -0.25) is 14.9 Å². The molecule has 46 heavy (non-hydrogen) atoms. The van der Waals surface area contributed by atoms with Gasteiger partial charge in [-0.2, -0.15) is 18.3 Å². The maximum absolute atomic E-state index is 13.5. The molecule has 1 aliphatic heterocycles. The Kier molecular flexibility index (Phi) is 13.0. The van der Waals surface area contributed by atoms with E-state index in [0.29, 0.717) is 18.9 Å². The van der Waals surface area contributed by atoms with Crippen LogP contribution in [0.1, 0.15) is 79.3 Å². The highest BCUT2D eigenvalue weighted by Crippen LogP contribution is 2.28. The molecule has 14 heteroatoms.